The molecule has 0 radical (unpaired) electrons. The molecule has 0 aromatic carbocycles. The lowest BCUT2D eigenvalue weighted by molar-refractivity contribution is -0.151. The van der Waals surface area contributed by atoms with Gasteiger partial charge in [-0.3, -0.25) is 4.79 Å². The summed E-state index contributed by atoms with van der Waals surface area (Å²) in [5, 5.41) is 10.9. The Morgan fingerprint density at radius 1 is 1.00 bits per heavy atom. The van der Waals surface area contributed by atoms with Crippen molar-refractivity contribution in [1.82, 2.24) is 0 Å². The normalized spacial score (nSPS) is 53.7. The number of carbonyl (C=O) groups excluding carboxylic acids is 1. The number of carbonyl (C=O) groups is 1. The van der Waals surface area contributed by atoms with E-state index < -0.39 is 6.10 Å². The van der Waals surface area contributed by atoms with Gasteiger partial charge in [-0.05, 0) is 79.4 Å². The SMILES string of the molecule is COC(=O)[C@@H]1C[C@H]2[C@@H]3CCC4CCCC[C@]4(C)[C@H]3CC[C@]2(C)[C@@H]1O. The summed E-state index contributed by atoms with van der Waals surface area (Å²) in [7, 11) is 1.45. The monoisotopic (exact) mass is 334 g/mol. The lowest BCUT2D eigenvalue weighted by atomic mass is 9.45. The van der Waals surface area contributed by atoms with E-state index in [9.17, 15) is 9.90 Å². The van der Waals surface area contributed by atoms with Gasteiger partial charge in [-0.1, -0.05) is 26.7 Å². The Hall–Kier alpha value is -0.570. The fraction of sp³-hybridized carbons (Fsp3) is 0.952. The molecule has 0 amide bonds. The van der Waals surface area contributed by atoms with Crippen LogP contribution in [0.1, 0.15) is 71.6 Å². The van der Waals surface area contributed by atoms with Gasteiger partial charge in [-0.2, -0.15) is 0 Å². The van der Waals surface area contributed by atoms with E-state index >= 15 is 0 Å². The maximum atomic E-state index is 12.2. The Bertz CT molecular complexity index is 517. The van der Waals surface area contributed by atoms with Crippen LogP contribution in [0.25, 0.3) is 0 Å². The molecular formula is C21H34O3. The van der Waals surface area contributed by atoms with Crippen LogP contribution in [0.2, 0.25) is 0 Å². The van der Waals surface area contributed by atoms with Gasteiger partial charge in [0.1, 0.15) is 0 Å². The van der Waals surface area contributed by atoms with Crippen LogP contribution in [0.3, 0.4) is 0 Å². The van der Waals surface area contributed by atoms with Gasteiger partial charge in [0.15, 0.2) is 0 Å². The van der Waals surface area contributed by atoms with Crippen molar-refractivity contribution < 1.29 is 14.6 Å². The summed E-state index contributed by atoms with van der Waals surface area (Å²) in [5.74, 6) is 2.41. The molecule has 1 N–H and O–H groups in total. The number of aliphatic hydroxyl groups excluding tert-OH is 1. The molecule has 24 heavy (non-hydrogen) atoms. The van der Waals surface area contributed by atoms with Crippen LogP contribution < -0.4 is 0 Å². The first-order chi connectivity index (χ1) is 11.4. The van der Waals surface area contributed by atoms with Gasteiger partial charge in [0, 0.05) is 0 Å². The summed E-state index contributed by atoms with van der Waals surface area (Å²) < 4.78 is 5.00. The van der Waals surface area contributed by atoms with E-state index in [1.54, 1.807) is 0 Å². The zero-order valence-electron chi connectivity index (χ0n) is 15.6. The molecule has 4 fully saturated rings. The van der Waals surface area contributed by atoms with Crippen LogP contribution in [0, 0.1) is 40.4 Å². The lowest BCUT2D eigenvalue weighted by Gasteiger charge is -2.60. The first kappa shape index (κ1) is 16.9. The first-order valence-corrected chi connectivity index (χ1v) is 10.2. The van der Waals surface area contributed by atoms with Crippen molar-refractivity contribution in [1.29, 1.82) is 0 Å². The summed E-state index contributed by atoms with van der Waals surface area (Å²) >= 11 is 0. The summed E-state index contributed by atoms with van der Waals surface area (Å²) in [4.78, 5) is 12.2. The van der Waals surface area contributed by atoms with E-state index in [4.69, 9.17) is 4.74 Å². The number of methoxy groups -OCH3 is 1. The molecule has 136 valence electrons. The molecule has 0 aliphatic heterocycles. The molecule has 4 saturated carbocycles. The van der Waals surface area contributed by atoms with Gasteiger partial charge in [0.05, 0.1) is 19.1 Å². The van der Waals surface area contributed by atoms with E-state index in [2.05, 4.69) is 13.8 Å². The van der Waals surface area contributed by atoms with Gasteiger partial charge in [-0.15, -0.1) is 0 Å². The number of hydrogen-bond donors (Lipinski definition) is 1. The molecule has 4 aliphatic carbocycles. The fourth-order valence-electron chi connectivity index (χ4n) is 7.69. The van der Waals surface area contributed by atoms with Gasteiger partial charge in [0.2, 0.25) is 0 Å². The molecule has 0 saturated heterocycles. The Labute approximate surface area is 146 Å². The molecule has 1 unspecified atom stereocenters. The maximum absolute atomic E-state index is 12.2. The summed E-state index contributed by atoms with van der Waals surface area (Å²) in [6, 6.07) is 0. The van der Waals surface area contributed by atoms with Crippen molar-refractivity contribution >= 4 is 5.97 Å². The second-order valence-corrected chi connectivity index (χ2v) is 9.76. The van der Waals surface area contributed by atoms with E-state index in [0.717, 1.165) is 24.7 Å². The summed E-state index contributed by atoms with van der Waals surface area (Å²) in [5.41, 5.74) is 0.425. The minimum absolute atomic E-state index is 0.0854. The number of aliphatic hydroxyl groups is 1. The Balaban J connectivity index is 1.63. The average molecular weight is 335 g/mol. The molecule has 0 heterocycles. The molecule has 4 aliphatic rings. The van der Waals surface area contributed by atoms with Crippen LogP contribution in [0.4, 0.5) is 0 Å². The number of fused-ring (bicyclic) bond motifs is 5. The quantitative estimate of drug-likeness (QED) is 0.732. The zero-order valence-corrected chi connectivity index (χ0v) is 15.6. The Morgan fingerprint density at radius 2 is 1.79 bits per heavy atom. The van der Waals surface area contributed by atoms with Gasteiger partial charge < -0.3 is 9.84 Å². The molecule has 0 aromatic heterocycles. The van der Waals surface area contributed by atoms with E-state index in [1.807, 2.05) is 0 Å². The standard InChI is InChI=1S/C21H34O3/c1-20-10-5-4-6-13(20)7-8-14-16(20)9-11-21(2)17(14)12-15(18(21)22)19(23)24-3/h13-18,22H,4-12H2,1-3H3/t13?,14-,15-,16+,17+,18-,20+,21+/m1/s1. The Morgan fingerprint density at radius 3 is 2.54 bits per heavy atom. The van der Waals surface area contributed by atoms with Crippen molar-refractivity contribution in [2.24, 2.45) is 40.4 Å². The van der Waals surface area contributed by atoms with Crippen LogP contribution in [-0.4, -0.2) is 24.3 Å². The number of hydrogen-bond acceptors (Lipinski definition) is 3. The third-order valence-electron chi connectivity index (χ3n) is 9.09. The van der Waals surface area contributed by atoms with Crippen molar-refractivity contribution in [3.8, 4) is 0 Å². The van der Waals surface area contributed by atoms with Gasteiger partial charge >= 0.3 is 5.97 Å². The predicted octanol–water partition coefficient (Wildman–Crippen LogP) is 4.18. The number of esters is 1. The van der Waals surface area contributed by atoms with Crippen LogP contribution in [0.15, 0.2) is 0 Å². The highest BCUT2D eigenvalue weighted by Gasteiger charge is 2.62. The van der Waals surface area contributed by atoms with E-state index in [-0.39, 0.29) is 17.3 Å². The lowest BCUT2D eigenvalue weighted by Crippen LogP contribution is -2.53. The maximum Gasteiger partial charge on any atom is 0.311 e. The number of ether oxygens (including phenoxy) is 1. The molecule has 3 nitrogen and oxygen atoms in total. The molecule has 0 spiro atoms. The van der Waals surface area contributed by atoms with Gasteiger partial charge in [0.25, 0.3) is 0 Å². The molecule has 0 bridgehead atoms. The van der Waals surface area contributed by atoms with Crippen LogP contribution in [-0.2, 0) is 9.53 Å². The largest absolute Gasteiger partial charge is 0.469 e. The average Bonchev–Trinajstić information content (AvgIpc) is 2.85. The molecule has 3 heteroatoms. The molecule has 0 aromatic rings. The first-order valence-electron chi connectivity index (χ1n) is 10.2. The van der Waals surface area contributed by atoms with E-state index in [1.165, 1.54) is 52.1 Å². The smallest absolute Gasteiger partial charge is 0.311 e. The highest BCUT2D eigenvalue weighted by Crippen LogP contribution is 2.67. The molecule has 8 atom stereocenters. The minimum Gasteiger partial charge on any atom is -0.469 e. The number of rotatable bonds is 1. The molecule has 4 rings (SSSR count). The minimum atomic E-state index is -0.521. The highest BCUT2D eigenvalue weighted by molar-refractivity contribution is 5.73. The van der Waals surface area contributed by atoms with Crippen molar-refractivity contribution in [3.05, 3.63) is 0 Å². The predicted molar refractivity (Wildman–Crippen MR) is 93.2 cm³/mol. The van der Waals surface area contributed by atoms with Crippen molar-refractivity contribution in [2.75, 3.05) is 7.11 Å². The van der Waals surface area contributed by atoms with Gasteiger partial charge in [-0.25, -0.2) is 0 Å². The molecular weight excluding hydrogens is 300 g/mol. The third kappa shape index (κ3) is 2.15. The van der Waals surface area contributed by atoms with Crippen molar-refractivity contribution in [2.45, 2.75) is 77.7 Å². The highest BCUT2D eigenvalue weighted by atomic mass is 16.5. The van der Waals surface area contributed by atoms with E-state index in [0.29, 0.717) is 17.3 Å². The van der Waals surface area contributed by atoms with Crippen molar-refractivity contribution in [3.63, 3.8) is 0 Å². The topological polar surface area (TPSA) is 46.5 Å². The fourth-order valence-corrected chi connectivity index (χ4v) is 7.69. The van der Waals surface area contributed by atoms with Crippen LogP contribution >= 0.6 is 0 Å². The second kappa shape index (κ2) is 5.72. The summed E-state index contributed by atoms with van der Waals surface area (Å²) in [6.07, 6.45) is 11.0. The zero-order chi connectivity index (χ0) is 17.1. The summed E-state index contributed by atoms with van der Waals surface area (Å²) in [6.45, 7) is 4.82. The second-order valence-electron chi connectivity index (χ2n) is 9.76. The Kier molecular flexibility index (Phi) is 4.02. The third-order valence-corrected chi connectivity index (χ3v) is 9.09. The van der Waals surface area contributed by atoms with Crippen LogP contribution in [0.5, 0.6) is 0 Å².